The normalized spacial score (nSPS) is 13.2. The van der Waals surface area contributed by atoms with Crippen LogP contribution in [-0.4, -0.2) is 17.3 Å². The summed E-state index contributed by atoms with van der Waals surface area (Å²) in [6.45, 7) is 0. The Balaban J connectivity index is 2.42. The smallest absolute Gasteiger partial charge is 0.399 e. The summed E-state index contributed by atoms with van der Waals surface area (Å²) in [5.41, 5.74) is -0.664. The zero-order valence-corrected chi connectivity index (χ0v) is 14.2. The van der Waals surface area contributed by atoms with Gasteiger partial charge in [0.1, 0.15) is 0 Å². The van der Waals surface area contributed by atoms with Crippen LogP contribution in [0.5, 0.6) is 0 Å². The lowest BCUT2D eigenvalue weighted by molar-refractivity contribution is -0.139. The molecule has 1 atom stereocenters. The van der Waals surface area contributed by atoms with E-state index in [1.807, 2.05) is 0 Å². The van der Waals surface area contributed by atoms with E-state index in [9.17, 15) is 31.1 Å². The fourth-order valence-corrected chi connectivity index (χ4v) is 2.75. The van der Waals surface area contributed by atoms with Gasteiger partial charge in [0.2, 0.25) is 0 Å². The molecule has 0 radical (unpaired) electrons. The lowest BCUT2D eigenvalue weighted by Crippen LogP contribution is -2.19. The molecule has 138 valence electrons. The van der Waals surface area contributed by atoms with Gasteiger partial charge in [-0.25, -0.2) is 18.0 Å². The minimum atomic E-state index is -4.88. The molecule has 0 bridgehead atoms. The molecular weight excluding hydrogens is 430 g/mol. The second-order valence-electron chi connectivity index (χ2n) is 5.22. The molecule has 2 aromatic rings. The number of hydrogen-bond donors (Lipinski definition) is 1. The first kappa shape index (κ1) is 20.0. The largest absolute Gasteiger partial charge is 0.478 e. The number of benzene rings is 2. The summed E-state index contributed by atoms with van der Waals surface area (Å²) in [5, 5.41) is 8.91. The SMILES string of the molecule is O=C(O)c1ccc(C=CC(c2cc(F)c(F)c(F)c2)C(F)(F)F)cc1Br. The number of rotatable bonds is 4. The van der Waals surface area contributed by atoms with E-state index in [0.717, 1.165) is 6.08 Å². The van der Waals surface area contributed by atoms with Crippen LogP contribution in [0.15, 0.2) is 40.9 Å². The summed E-state index contributed by atoms with van der Waals surface area (Å²) in [7, 11) is 0. The number of alkyl halides is 3. The van der Waals surface area contributed by atoms with Gasteiger partial charge in [-0.05, 0) is 51.3 Å². The van der Waals surface area contributed by atoms with Crippen LogP contribution in [0.1, 0.15) is 27.4 Å². The molecule has 0 aliphatic carbocycles. The van der Waals surface area contributed by atoms with Gasteiger partial charge in [0.05, 0.1) is 11.5 Å². The van der Waals surface area contributed by atoms with Crippen molar-refractivity contribution in [3.63, 3.8) is 0 Å². The van der Waals surface area contributed by atoms with Gasteiger partial charge in [0.25, 0.3) is 0 Å². The van der Waals surface area contributed by atoms with Crippen molar-refractivity contribution in [2.24, 2.45) is 0 Å². The maximum Gasteiger partial charge on any atom is 0.399 e. The molecule has 1 unspecified atom stereocenters. The first-order chi connectivity index (χ1) is 12.0. The van der Waals surface area contributed by atoms with Crippen LogP contribution in [0.2, 0.25) is 0 Å². The molecule has 2 aromatic carbocycles. The maximum atomic E-state index is 13.3. The summed E-state index contributed by atoms with van der Waals surface area (Å²) in [4.78, 5) is 10.9. The molecule has 2 nitrogen and oxygen atoms in total. The second-order valence-corrected chi connectivity index (χ2v) is 6.08. The van der Waals surface area contributed by atoms with Crippen LogP contribution < -0.4 is 0 Å². The Morgan fingerprint density at radius 3 is 2.12 bits per heavy atom. The number of carboxylic acid groups (broad SMARTS) is 1. The molecule has 0 saturated heterocycles. The molecule has 1 N–H and O–H groups in total. The fourth-order valence-electron chi connectivity index (χ4n) is 2.18. The van der Waals surface area contributed by atoms with Crippen LogP contribution in [0, 0.1) is 17.5 Å². The van der Waals surface area contributed by atoms with E-state index in [2.05, 4.69) is 15.9 Å². The topological polar surface area (TPSA) is 37.3 Å². The Morgan fingerprint density at radius 1 is 1.08 bits per heavy atom. The minimum Gasteiger partial charge on any atom is -0.478 e. The van der Waals surface area contributed by atoms with Crippen molar-refractivity contribution in [2.45, 2.75) is 12.1 Å². The molecule has 0 fully saturated rings. The average molecular weight is 439 g/mol. The van der Waals surface area contributed by atoms with Gasteiger partial charge < -0.3 is 5.11 Å². The quantitative estimate of drug-likeness (QED) is 0.474. The van der Waals surface area contributed by atoms with E-state index < -0.39 is 41.1 Å². The zero-order valence-electron chi connectivity index (χ0n) is 12.6. The molecule has 0 aromatic heterocycles. The molecule has 0 heterocycles. The van der Waals surface area contributed by atoms with Crippen molar-refractivity contribution >= 4 is 28.0 Å². The number of carboxylic acids is 1. The maximum absolute atomic E-state index is 13.3. The number of carbonyl (C=O) groups is 1. The van der Waals surface area contributed by atoms with Gasteiger partial charge >= 0.3 is 12.1 Å². The lowest BCUT2D eigenvalue weighted by atomic mass is 9.96. The van der Waals surface area contributed by atoms with Crippen molar-refractivity contribution < 1.29 is 36.2 Å². The highest BCUT2D eigenvalue weighted by atomic mass is 79.9. The second kappa shape index (κ2) is 7.53. The lowest BCUT2D eigenvalue weighted by Gasteiger charge is -2.17. The van der Waals surface area contributed by atoms with Gasteiger partial charge in [0.15, 0.2) is 17.5 Å². The predicted molar refractivity (Wildman–Crippen MR) is 85.2 cm³/mol. The average Bonchev–Trinajstić information content (AvgIpc) is 2.51. The minimum absolute atomic E-state index is 0.0859. The summed E-state index contributed by atoms with van der Waals surface area (Å²) >= 11 is 2.99. The summed E-state index contributed by atoms with van der Waals surface area (Å²) in [6.07, 6.45) is -3.21. The summed E-state index contributed by atoms with van der Waals surface area (Å²) in [6, 6.07) is 4.30. The van der Waals surface area contributed by atoms with Crippen LogP contribution in [0.3, 0.4) is 0 Å². The van der Waals surface area contributed by atoms with E-state index in [4.69, 9.17) is 5.11 Å². The molecule has 0 aliphatic heterocycles. The fraction of sp³-hybridized carbons (Fsp3) is 0.118. The third-order valence-corrected chi connectivity index (χ3v) is 4.08. The third-order valence-electron chi connectivity index (χ3n) is 3.42. The zero-order chi connectivity index (χ0) is 19.6. The molecule has 26 heavy (non-hydrogen) atoms. The summed E-state index contributed by atoms with van der Waals surface area (Å²) < 4.78 is 79.4. The number of hydrogen-bond acceptors (Lipinski definition) is 1. The first-order valence-electron chi connectivity index (χ1n) is 6.93. The van der Waals surface area contributed by atoms with Gasteiger partial charge in [-0.15, -0.1) is 0 Å². The molecule has 0 aliphatic rings. The van der Waals surface area contributed by atoms with Crippen LogP contribution in [-0.2, 0) is 0 Å². The number of halogens is 7. The van der Waals surface area contributed by atoms with Crippen LogP contribution in [0.25, 0.3) is 6.08 Å². The molecule has 0 amide bonds. The highest BCUT2D eigenvalue weighted by Gasteiger charge is 2.39. The molecule has 0 spiro atoms. The van der Waals surface area contributed by atoms with Crippen molar-refractivity contribution in [3.05, 3.63) is 75.0 Å². The Kier molecular flexibility index (Phi) is 5.80. The third kappa shape index (κ3) is 4.46. The number of allylic oxidation sites excluding steroid dienone is 1. The van der Waals surface area contributed by atoms with Crippen LogP contribution >= 0.6 is 15.9 Å². The Hall–Kier alpha value is -2.29. The van der Waals surface area contributed by atoms with Crippen molar-refractivity contribution in [1.82, 2.24) is 0 Å². The standard InChI is InChI=1S/C17H9BrF6O2/c18-12-5-8(1-3-10(12)16(25)26)2-4-11(17(22,23)24)9-6-13(19)15(21)14(20)7-9/h1-7,11H,(H,25,26). The van der Waals surface area contributed by atoms with E-state index in [1.54, 1.807) is 0 Å². The Morgan fingerprint density at radius 2 is 1.65 bits per heavy atom. The molecule has 9 heteroatoms. The highest BCUT2D eigenvalue weighted by molar-refractivity contribution is 9.10. The summed E-state index contributed by atoms with van der Waals surface area (Å²) in [5.74, 6) is -8.91. The van der Waals surface area contributed by atoms with Gasteiger partial charge in [0, 0.05) is 4.47 Å². The highest BCUT2D eigenvalue weighted by Crippen LogP contribution is 2.37. The molecule has 2 rings (SSSR count). The van der Waals surface area contributed by atoms with Crippen LogP contribution in [0.4, 0.5) is 26.3 Å². The van der Waals surface area contributed by atoms with E-state index in [1.165, 1.54) is 18.2 Å². The molecule has 0 saturated carbocycles. The van der Waals surface area contributed by atoms with Gasteiger partial charge in [-0.3, -0.25) is 0 Å². The Labute approximate surface area is 151 Å². The predicted octanol–water partition coefficient (Wildman–Crippen LogP) is 5.92. The van der Waals surface area contributed by atoms with E-state index in [0.29, 0.717) is 6.08 Å². The van der Waals surface area contributed by atoms with Crippen molar-refractivity contribution in [2.75, 3.05) is 0 Å². The molecular formula is C17H9BrF6O2. The monoisotopic (exact) mass is 438 g/mol. The van der Waals surface area contributed by atoms with Gasteiger partial charge in [-0.2, -0.15) is 13.2 Å². The van der Waals surface area contributed by atoms with Crippen molar-refractivity contribution in [3.8, 4) is 0 Å². The number of aromatic carboxylic acids is 1. The van der Waals surface area contributed by atoms with Crippen molar-refractivity contribution in [1.29, 1.82) is 0 Å². The Bertz CT molecular complexity index is 853. The first-order valence-corrected chi connectivity index (χ1v) is 7.72. The van der Waals surface area contributed by atoms with E-state index >= 15 is 0 Å². The van der Waals surface area contributed by atoms with E-state index in [-0.39, 0.29) is 27.7 Å². The van der Waals surface area contributed by atoms with Gasteiger partial charge in [-0.1, -0.05) is 18.2 Å².